The van der Waals surface area contributed by atoms with Crippen molar-refractivity contribution in [1.82, 2.24) is 10.3 Å². The molecule has 0 aliphatic heterocycles. The fourth-order valence-corrected chi connectivity index (χ4v) is 3.43. The van der Waals surface area contributed by atoms with Crippen molar-refractivity contribution in [2.75, 3.05) is 6.54 Å². The van der Waals surface area contributed by atoms with Crippen molar-refractivity contribution in [3.05, 3.63) is 50.7 Å². The van der Waals surface area contributed by atoms with E-state index in [4.69, 9.17) is 16.6 Å². The highest BCUT2D eigenvalue weighted by Gasteiger charge is 2.22. The van der Waals surface area contributed by atoms with E-state index in [0.717, 1.165) is 22.8 Å². The fourth-order valence-electron chi connectivity index (χ4n) is 2.06. The summed E-state index contributed by atoms with van der Waals surface area (Å²) in [5.41, 5.74) is 1.86. The van der Waals surface area contributed by atoms with E-state index in [1.54, 1.807) is 17.4 Å². The van der Waals surface area contributed by atoms with E-state index < -0.39 is 0 Å². The minimum Gasteiger partial charge on any atom is -0.305 e. The van der Waals surface area contributed by atoms with Gasteiger partial charge in [0.25, 0.3) is 0 Å². The van der Waals surface area contributed by atoms with Crippen LogP contribution >= 0.6 is 22.9 Å². The largest absolute Gasteiger partial charge is 0.305 e. The second-order valence-corrected chi connectivity index (χ2v) is 7.34. The van der Waals surface area contributed by atoms with Gasteiger partial charge < -0.3 is 5.32 Å². The zero-order valence-electron chi connectivity index (χ0n) is 12.7. The smallest absolute Gasteiger partial charge is 0.125 e. The van der Waals surface area contributed by atoms with Crippen molar-refractivity contribution in [1.29, 1.82) is 0 Å². The lowest BCUT2D eigenvalue weighted by Crippen LogP contribution is -2.22. The number of nitrogens with one attached hydrogen (secondary N) is 1. The highest BCUT2D eigenvalue weighted by Crippen LogP contribution is 2.31. The fraction of sp³-hybridized carbons (Fsp3) is 0.438. The molecule has 1 aromatic heterocycles. The number of aromatic nitrogens is 1. The van der Waals surface area contributed by atoms with Crippen LogP contribution in [0.4, 0.5) is 4.39 Å². The van der Waals surface area contributed by atoms with Crippen LogP contribution < -0.4 is 5.32 Å². The molecule has 0 fully saturated rings. The molecule has 2 rings (SSSR count). The van der Waals surface area contributed by atoms with Gasteiger partial charge in [0.05, 0.1) is 11.7 Å². The lowest BCUT2D eigenvalue weighted by atomic mass is 9.93. The highest BCUT2D eigenvalue weighted by atomic mass is 35.5. The van der Waals surface area contributed by atoms with Crippen molar-refractivity contribution < 1.29 is 4.39 Å². The zero-order valence-corrected chi connectivity index (χ0v) is 14.3. The van der Waals surface area contributed by atoms with Gasteiger partial charge in [-0.25, -0.2) is 9.37 Å². The molecule has 0 radical (unpaired) electrons. The van der Waals surface area contributed by atoms with Crippen LogP contribution in [0.1, 0.15) is 50.0 Å². The molecule has 2 aromatic rings. The van der Waals surface area contributed by atoms with E-state index in [1.807, 2.05) is 6.92 Å². The molecule has 1 unspecified atom stereocenters. The van der Waals surface area contributed by atoms with Crippen LogP contribution in [-0.2, 0) is 5.41 Å². The molecule has 1 atom stereocenters. The molecule has 1 aromatic carbocycles. The maximum Gasteiger partial charge on any atom is 0.125 e. The summed E-state index contributed by atoms with van der Waals surface area (Å²) >= 11 is 7.57. The topological polar surface area (TPSA) is 24.9 Å². The molecular formula is C16H20ClFN2S. The van der Waals surface area contributed by atoms with Crippen LogP contribution in [0, 0.1) is 5.82 Å². The van der Waals surface area contributed by atoms with Crippen LogP contribution in [0.25, 0.3) is 0 Å². The van der Waals surface area contributed by atoms with E-state index in [0.29, 0.717) is 5.02 Å². The third-order valence-electron chi connectivity index (χ3n) is 3.16. The first kappa shape index (κ1) is 16.4. The number of rotatable bonds is 4. The van der Waals surface area contributed by atoms with Gasteiger partial charge in [0.1, 0.15) is 10.8 Å². The minimum absolute atomic E-state index is 0.00506. The molecule has 0 saturated heterocycles. The van der Waals surface area contributed by atoms with Crippen molar-refractivity contribution >= 4 is 22.9 Å². The van der Waals surface area contributed by atoms with Gasteiger partial charge in [0, 0.05) is 15.8 Å². The van der Waals surface area contributed by atoms with Crippen molar-refractivity contribution in [3.8, 4) is 0 Å². The van der Waals surface area contributed by atoms with Crippen LogP contribution in [0.15, 0.2) is 23.6 Å². The molecule has 0 aliphatic carbocycles. The Morgan fingerprint density at radius 1 is 1.33 bits per heavy atom. The van der Waals surface area contributed by atoms with Crippen LogP contribution in [-0.4, -0.2) is 11.5 Å². The third-order valence-corrected chi connectivity index (χ3v) is 4.29. The van der Waals surface area contributed by atoms with Gasteiger partial charge in [0.15, 0.2) is 0 Å². The molecule has 0 saturated carbocycles. The van der Waals surface area contributed by atoms with E-state index in [-0.39, 0.29) is 17.3 Å². The Labute approximate surface area is 134 Å². The SMILES string of the molecule is CCNC(c1cc(F)cc(Cl)c1)c1nc(C(C)(C)C)cs1. The first-order valence-corrected chi connectivity index (χ1v) is 8.22. The summed E-state index contributed by atoms with van der Waals surface area (Å²) in [4.78, 5) is 4.73. The van der Waals surface area contributed by atoms with Crippen LogP contribution in [0.3, 0.4) is 0 Å². The summed E-state index contributed by atoms with van der Waals surface area (Å²) in [6.45, 7) is 9.18. The Kier molecular flexibility index (Phi) is 5.02. The Hall–Kier alpha value is -0.970. The maximum absolute atomic E-state index is 13.6. The number of halogens is 2. The van der Waals surface area contributed by atoms with Crippen molar-refractivity contribution in [3.63, 3.8) is 0 Å². The van der Waals surface area contributed by atoms with E-state index in [2.05, 4.69) is 31.5 Å². The van der Waals surface area contributed by atoms with Gasteiger partial charge in [-0.15, -0.1) is 11.3 Å². The Balaban J connectivity index is 2.41. The molecule has 21 heavy (non-hydrogen) atoms. The van der Waals surface area contributed by atoms with Crippen molar-refractivity contribution in [2.24, 2.45) is 0 Å². The lowest BCUT2D eigenvalue weighted by molar-refractivity contribution is 0.560. The molecule has 5 heteroatoms. The maximum atomic E-state index is 13.6. The average Bonchev–Trinajstić information content (AvgIpc) is 2.83. The average molecular weight is 327 g/mol. The summed E-state index contributed by atoms with van der Waals surface area (Å²) < 4.78 is 13.6. The quantitative estimate of drug-likeness (QED) is 0.861. The summed E-state index contributed by atoms with van der Waals surface area (Å²) in [6, 6.07) is 4.48. The zero-order chi connectivity index (χ0) is 15.6. The Morgan fingerprint density at radius 2 is 2.05 bits per heavy atom. The summed E-state index contributed by atoms with van der Waals surface area (Å²) in [5, 5.41) is 6.76. The molecule has 0 bridgehead atoms. The molecule has 0 spiro atoms. The van der Waals surface area contributed by atoms with E-state index in [9.17, 15) is 4.39 Å². The number of hydrogen-bond donors (Lipinski definition) is 1. The predicted octanol–water partition coefficient (Wildman–Crippen LogP) is 4.93. The molecule has 0 aliphatic rings. The van der Waals surface area contributed by atoms with Crippen LogP contribution in [0.2, 0.25) is 5.02 Å². The Morgan fingerprint density at radius 3 is 2.57 bits per heavy atom. The second-order valence-electron chi connectivity index (χ2n) is 6.01. The van der Waals surface area contributed by atoms with Gasteiger partial charge >= 0.3 is 0 Å². The summed E-state index contributed by atoms with van der Waals surface area (Å²) in [5.74, 6) is -0.326. The predicted molar refractivity (Wildman–Crippen MR) is 87.7 cm³/mol. The van der Waals surface area contributed by atoms with E-state index >= 15 is 0 Å². The molecular weight excluding hydrogens is 307 g/mol. The van der Waals surface area contributed by atoms with Crippen LogP contribution in [0.5, 0.6) is 0 Å². The third kappa shape index (κ3) is 4.02. The van der Waals surface area contributed by atoms with Gasteiger partial charge in [-0.05, 0) is 30.3 Å². The normalized spacial score (nSPS) is 13.4. The first-order valence-electron chi connectivity index (χ1n) is 6.96. The van der Waals surface area contributed by atoms with E-state index in [1.165, 1.54) is 12.1 Å². The van der Waals surface area contributed by atoms with Crippen molar-refractivity contribution in [2.45, 2.75) is 39.2 Å². The molecule has 1 N–H and O–H groups in total. The number of thiazole rings is 1. The highest BCUT2D eigenvalue weighted by molar-refractivity contribution is 7.09. The molecule has 2 nitrogen and oxygen atoms in total. The summed E-state index contributed by atoms with van der Waals surface area (Å²) in [7, 11) is 0. The molecule has 0 amide bonds. The monoisotopic (exact) mass is 326 g/mol. The molecule has 114 valence electrons. The first-order chi connectivity index (χ1) is 9.81. The standard InChI is InChI=1S/C16H20ClFN2S/c1-5-19-14(10-6-11(17)8-12(18)7-10)15-20-13(9-21-15)16(2,3)4/h6-9,14,19H,5H2,1-4H3. The van der Waals surface area contributed by atoms with Gasteiger partial charge in [-0.2, -0.15) is 0 Å². The number of benzene rings is 1. The van der Waals surface area contributed by atoms with Gasteiger partial charge in [0.2, 0.25) is 0 Å². The number of hydrogen-bond acceptors (Lipinski definition) is 3. The summed E-state index contributed by atoms with van der Waals surface area (Å²) in [6.07, 6.45) is 0. The minimum atomic E-state index is -0.326. The van der Waals surface area contributed by atoms with Gasteiger partial charge in [-0.3, -0.25) is 0 Å². The Bertz CT molecular complexity index is 599. The lowest BCUT2D eigenvalue weighted by Gasteiger charge is -2.18. The van der Waals surface area contributed by atoms with Gasteiger partial charge in [-0.1, -0.05) is 39.3 Å². The number of nitrogens with zero attached hydrogens (tertiary/aromatic N) is 1. The molecule has 1 heterocycles. The second kappa shape index (κ2) is 6.42.